The van der Waals surface area contributed by atoms with Gasteiger partial charge in [0.05, 0.1) is 22.8 Å². The van der Waals surface area contributed by atoms with Gasteiger partial charge >= 0.3 is 6.03 Å². The third-order valence-corrected chi connectivity index (χ3v) is 6.33. The Labute approximate surface area is 218 Å². The summed E-state index contributed by atoms with van der Waals surface area (Å²) < 4.78 is 11.3. The Bertz CT molecular complexity index is 1420. The highest BCUT2D eigenvalue weighted by molar-refractivity contribution is 6.42. The number of nitrogens with one attached hydrogen (secondary N) is 1. The van der Waals surface area contributed by atoms with Gasteiger partial charge in [-0.05, 0) is 61.4 Å². The lowest BCUT2D eigenvalue weighted by Gasteiger charge is -2.27. The Kier molecular flexibility index (Phi) is 7.33. The first-order valence-electron chi connectivity index (χ1n) is 10.9. The van der Waals surface area contributed by atoms with Crippen molar-refractivity contribution in [1.29, 1.82) is 0 Å². The summed E-state index contributed by atoms with van der Waals surface area (Å²) in [5, 5.41) is 3.07. The molecule has 0 aliphatic carbocycles. The molecule has 36 heavy (non-hydrogen) atoms. The average molecular weight is 525 g/mol. The highest BCUT2D eigenvalue weighted by Crippen LogP contribution is 2.31. The standard InChI is InChI=1S/C27H22Cl2N2O5/c1-15-4-9-23(16(2)10-15)31-26(33)20(25(32)30-27(31)34)12-18-6-7-19(35-3)13-24(18)36-14-17-5-8-21(28)22(29)11-17/h4-13H,14H2,1-3H3,(H,30,32,34)/b20-12+. The van der Waals surface area contributed by atoms with Gasteiger partial charge in [-0.3, -0.25) is 14.9 Å². The van der Waals surface area contributed by atoms with Crippen LogP contribution in [0.5, 0.6) is 11.5 Å². The van der Waals surface area contributed by atoms with Gasteiger partial charge in [0.1, 0.15) is 23.7 Å². The number of halogens is 2. The maximum atomic E-state index is 13.4. The number of ether oxygens (including phenoxy) is 2. The molecule has 3 aromatic rings. The van der Waals surface area contributed by atoms with Crippen LogP contribution in [0, 0.1) is 13.8 Å². The quantitative estimate of drug-likeness (QED) is 0.322. The Morgan fingerprint density at radius 3 is 2.42 bits per heavy atom. The molecule has 0 saturated carbocycles. The van der Waals surface area contributed by atoms with Crippen LogP contribution in [0.1, 0.15) is 22.3 Å². The van der Waals surface area contributed by atoms with E-state index in [1.54, 1.807) is 55.5 Å². The van der Waals surface area contributed by atoms with Crippen molar-refractivity contribution in [3.8, 4) is 11.5 Å². The van der Waals surface area contributed by atoms with Gasteiger partial charge in [-0.1, -0.05) is 47.0 Å². The van der Waals surface area contributed by atoms with Crippen LogP contribution >= 0.6 is 23.2 Å². The van der Waals surface area contributed by atoms with Crippen LogP contribution in [0.4, 0.5) is 10.5 Å². The predicted molar refractivity (Wildman–Crippen MR) is 139 cm³/mol. The Morgan fingerprint density at radius 2 is 1.72 bits per heavy atom. The van der Waals surface area contributed by atoms with E-state index in [4.69, 9.17) is 32.7 Å². The lowest BCUT2D eigenvalue weighted by Crippen LogP contribution is -2.54. The smallest absolute Gasteiger partial charge is 0.335 e. The fourth-order valence-corrected chi connectivity index (χ4v) is 4.09. The fourth-order valence-electron chi connectivity index (χ4n) is 3.76. The number of carbonyl (C=O) groups is 3. The predicted octanol–water partition coefficient (Wildman–Crippen LogP) is 5.86. The molecule has 0 aromatic heterocycles. The summed E-state index contributed by atoms with van der Waals surface area (Å²) in [7, 11) is 1.52. The summed E-state index contributed by atoms with van der Waals surface area (Å²) in [5.41, 5.74) is 3.11. The second-order valence-corrected chi connectivity index (χ2v) is 9.00. The van der Waals surface area contributed by atoms with Gasteiger partial charge in [0.25, 0.3) is 11.8 Å². The third kappa shape index (κ3) is 5.22. The van der Waals surface area contributed by atoms with Crippen LogP contribution in [-0.2, 0) is 16.2 Å². The molecule has 1 N–H and O–H groups in total. The molecule has 4 rings (SSSR count). The van der Waals surface area contributed by atoms with E-state index >= 15 is 0 Å². The van der Waals surface area contributed by atoms with Crippen LogP contribution in [-0.4, -0.2) is 25.0 Å². The minimum Gasteiger partial charge on any atom is -0.497 e. The van der Waals surface area contributed by atoms with E-state index in [9.17, 15) is 14.4 Å². The maximum absolute atomic E-state index is 13.4. The van der Waals surface area contributed by atoms with Crippen molar-refractivity contribution in [2.45, 2.75) is 20.5 Å². The summed E-state index contributed by atoms with van der Waals surface area (Å²) in [4.78, 5) is 39.6. The number of urea groups is 1. The van der Waals surface area contributed by atoms with Crippen LogP contribution < -0.4 is 19.7 Å². The van der Waals surface area contributed by atoms with Crippen molar-refractivity contribution in [1.82, 2.24) is 5.32 Å². The summed E-state index contributed by atoms with van der Waals surface area (Å²) in [6.45, 7) is 3.85. The van der Waals surface area contributed by atoms with Gasteiger partial charge in [-0.25, -0.2) is 9.69 Å². The molecule has 1 fully saturated rings. The number of nitrogens with zero attached hydrogens (tertiary/aromatic N) is 1. The number of hydrogen-bond donors (Lipinski definition) is 1. The summed E-state index contributed by atoms with van der Waals surface area (Å²) in [6.07, 6.45) is 1.39. The Balaban J connectivity index is 1.70. The van der Waals surface area contributed by atoms with Crippen LogP contribution in [0.15, 0.2) is 60.2 Å². The van der Waals surface area contributed by atoms with Gasteiger partial charge in [-0.15, -0.1) is 0 Å². The molecule has 9 heteroatoms. The number of anilines is 1. The summed E-state index contributed by atoms with van der Waals surface area (Å²) in [6, 6.07) is 14.6. The minimum absolute atomic E-state index is 0.146. The first-order valence-corrected chi connectivity index (χ1v) is 11.7. The number of imide groups is 2. The molecule has 0 unspecified atom stereocenters. The number of amides is 4. The van der Waals surface area contributed by atoms with Crippen molar-refractivity contribution in [3.05, 3.63) is 92.5 Å². The molecule has 184 valence electrons. The van der Waals surface area contributed by atoms with Crippen molar-refractivity contribution in [2.75, 3.05) is 12.0 Å². The number of carbonyl (C=O) groups excluding carboxylic acids is 3. The molecule has 1 aliphatic heterocycles. The van der Waals surface area contributed by atoms with Crippen LogP contribution in [0.25, 0.3) is 6.08 Å². The SMILES string of the molecule is COc1ccc(/C=C2\C(=O)NC(=O)N(c3ccc(C)cc3C)C2=O)c(OCc2ccc(Cl)c(Cl)c2)c1. The molecule has 4 amide bonds. The van der Waals surface area contributed by atoms with E-state index in [1.165, 1.54) is 13.2 Å². The number of rotatable bonds is 6. The molecule has 0 spiro atoms. The largest absolute Gasteiger partial charge is 0.497 e. The summed E-state index contributed by atoms with van der Waals surface area (Å²) in [5.74, 6) is -0.643. The van der Waals surface area contributed by atoms with Gasteiger partial charge in [0.15, 0.2) is 0 Å². The van der Waals surface area contributed by atoms with Crippen molar-refractivity contribution < 1.29 is 23.9 Å². The molecule has 1 aliphatic rings. The number of methoxy groups -OCH3 is 1. The molecule has 1 saturated heterocycles. The normalized spacial score (nSPS) is 14.8. The molecular weight excluding hydrogens is 503 g/mol. The molecule has 3 aromatic carbocycles. The molecule has 0 bridgehead atoms. The molecule has 0 atom stereocenters. The Hall–Kier alpha value is -3.81. The minimum atomic E-state index is -0.806. The van der Waals surface area contributed by atoms with E-state index in [2.05, 4.69) is 5.32 Å². The van der Waals surface area contributed by atoms with E-state index in [1.807, 2.05) is 13.0 Å². The topological polar surface area (TPSA) is 84.9 Å². The first-order chi connectivity index (χ1) is 17.2. The number of aryl methyl sites for hydroxylation is 2. The molecule has 1 heterocycles. The lowest BCUT2D eigenvalue weighted by atomic mass is 10.0. The second kappa shape index (κ2) is 10.4. The highest BCUT2D eigenvalue weighted by Gasteiger charge is 2.37. The van der Waals surface area contributed by atoms with Crippen LogP contribution in [0.3, 0.4) is 0 Å². The summed E-state index contributed by atoms with van der Waals surface area (Å²) >= 11 is 12.1. The lowest BCUT2D eigenvalue weighted by molar-refractivity contribution is -0.122. The van der Waals surface area contributed by atoms with E-state index in [0.717, 1.165) is 21.6 Å². The van der Waals surface area contributed by atoms with E-state index < -0.39 is 17.8 Å². The number of hydrogen-bond acceptors (Lipinski definition) is 5. The second-order valence-electron chi connectivity index (χ2n) is 8.19. The fraction of sp³-hybridized carbons (Fsp3) is 0.148. The van der Waals surface area contributed by atoms with Crippen molar-refractivity contribution in [3.63, 3.8) is 0 Å². The zero-order valence-corrected chi connectivity index (χ0v) is 21.2. The Morgan fingerprint density at radius 1 is 0.944 bits per heavy atom. The highest BCUT2D eigenvalue weighted by atomic mass is 35.5. The van der Waals surface area contributed by atoms with Crippen molar-refractivity contribution in [2.24, 2.45) is 0 Å². The van der Waals surface area contributed by atoms with Gasteiger partial charge < -0.3 is 9.47 Å². The zero-order chi connectivity index (χ0) is 26.0. The van der Waals surface area contributed by atoms with Crippen molar-refractivity contribution >= 4 is 52.8 Å². The van der Waals surface area contributed by atoms with E-state index in [0.29, 0.717) is 32.8 Å². The number of benzene rings is 3. The zero-order valence-electron chi connectivity index (χ0n) is 19.7. The molecule has 0 radical (unpaired) electrons. The monoisotopic (exact) mass is 524 g/mol. The third-order valence-electron chi connectivity index (χ3n) is 5.59. The van der Waals surface area contributed by atoms with Gasteiger partial charge in [0.2, 0.25) is 0 Å². The van der Waals surface area contributed by atoms with E-state index in [-0.39, 0.29) is 12.2 Å². The first kappa shape index (κ1) is 25.3. The average Bonchev–Trinajstić information content (AvgIpc) is 2.84. The van der Waals surface area contributed by atoms with Gasteiger partial charge in [-0.2, -0.15) is 0 Å². The van der Waals surface area contributed by atoms with Gasteiger partial charge in [0, 0.05) is 11.6 Å². The molecule has 7 nitrogen and oxygen atoms in total. The maximum Gasteiger partial charge on any atom is 0.335 e. The van der Waals surface area contributed by atoms with Crippen LogP contribution in [0.2, 0.25) is 10.0 Å². The number of barbiturate groups is 1. The molecular formula is C27H22Cl2N2O5.